The number of nitrogens with one attached hydrogen (secondary N) is 1. The third-order valence-corrected chi connectivity index (χ3v) is 6.33. The lowest BCUT2D eigenvalue weighted by molar-refractivity contribution is -0.197. The number of carbonyl (C=O) groups is 2. The average molecular weight is 340 g/mol. The molecule has 0 aromatic heterocycles. The van der Waals surface area contributed by atoms with Crippen LogP contribution in [0.4, 0.5) is 5.69 Å². The van der Waals surface area contributed by atoms with Crippen molar-refractivity contribution in [2.75, 3.05) is 19.0 Å². The van der Waals surface area contributed by atoms with E-state index >= 15 is 0 Å². The number of benzene rings is 1. The zero-order valence-electron chi connectivity index (χ0n) is 14.8. The van der Waals surface area contributed by atoms with E-state index in [2.05, 4.69) is 12.2 Å². The number of amides is 2. The number of nitrogens with zero attached hydrogens (tertiary/aromatic N) is 1. The zero-order valence-corrected chi connectivity index (χ0v) is 14.8. The van der Waals surface area contributed by atoms with E-state index in [9.17, 15) is 9.59 Å². The third kappa shape index (κ3) is 2.05. The molecule has 3 aliphatic rings. The average Bonchev–Trinajstić information content (AvgIpc) is 2.95. The summed E-state index contributed by atoms with van der Waals surface area (Å²) < 4.78 is 6.22. The molecular weight excluding hydrogens is 316 g/mol. The molecule has 4 rings (SSSR count). The number of fused-ring (bicyclic) bond motifs is 2. The van der Waals surface area contributed by atoms with Gasteiger partial charge in [0.1, 0.15) is 0 Å². The molecule has 0 bridgehead atoms. The quantitative estimate of drug-likeness (QED) is 0.899. The highest BCUT2D eigenvalue weighted by atomic mass is 16.5. The molecular formula is C20H24N2O3. The van der Waals surface area contributed by atoms with Crippen LogP contribution < -0.4 is 5.32 Å². The van der Waals surface area contributed by atoms with Gasteiger partial charge in [0.05, 0.1) is 0 Å². The summed E-state index contributed by atoms with van der Waals surface area (Å²) in [6.45, 7) is 2.84. The Morgan fingerprint density at radius 3 is 2.80 bits per heavy atom. The van der Waals surface area contributed by atoms with Gasteiger partial charge in [-0.2, -0.15) is 0 Å². The molecule has 0 saturated carbocycles. The van der Waals surface area contributed by atoms with E-state index < -0.39 is 5.72 Å². The molecule has 1 saturated heterocycles. The summed E-state index contributed by atoms with van der Waals surface area (Å²) >= 11 is 0. The first-order valence-corrected chi connectivity index (χ1v) is 9.06. The smallest absolute Gasteiger partial charge is 0.249 e. The first kappa shape index (κ1) is 16.3. The maximum absolute atomic E-state index is 12.8. The molecule has 1 fully saturated rings. The molecule has 1 aromatic carbocycles. The fourth-order valence-electron chi connectivity index (χ4n) is 5.16. The molecule has 0 unspecified atom stereocenters. The van der Waals surface area contributed by atoms with E-state index in [1.807, 2.05) is 29.2 Å². The summed E-state index contributed by atoms with van der Waals surface area (Å²) in [6, 6.07) is 7.71. The van der Waals surface area contributed by atoms with E-state index in [1.165, 1.54) is 0 Å². The van der Waals surface area contributed by atoms with E-state index in [1.54, 1.807) is 13.2 Å². The first-order valence-electron chi connectivity index (χ1n) is 9.06. The van der Waals surface area contributed by atoms with Crippen molar-refractivity contribution in [2.45, 2.75) is 44.8 Å². The fourth-order valence-corrected chi connectivity index (χ4v) is 5.16. The van der Waals surface area contributed by atoms with Crippen molar-refractivity contribution < 1.29 is 14.3 Å². The number of para-hydroxylation sites is 1. The highest BCUT2D eigenvalue weighted by molar-refractivity contribution is 6.06. The minimum Gasteiger partial charge on any atom is -0.354 e. The van der Waals surface area contributed by atoms with E-state index in [4.69, 9.17) is 4.74 Å². The number of hydrogen-bond donors (Lipinski definition) is 1. The van der Waals surface area contributed by atoms with Crippen molar-refractivity contribution in [3.8, 4) is 0 Å². The van der Waals surface area contributed by atoms with Gasteiger partial charge in [0, 0.05) is 48.4 Å². The number of hydrogen-bond acceptors (Lipinski definition) is 3. The molecule has 0 aliphatic carbocycles. The second-order valence-electron chi connectivity index (χ2n) is 7.23. The summed E-state index contributed by atoms with van der Waals surface area (Å²) in [5.41, 5.74) is 1.48. The molecule has 0 radical (unpaired) electrons. The Morgan fingerprint density at radius 2 is 2.04 bits per heavy atom. The second kappa shape index (κ2) is 5.70. The van der Waals surface area contributed by atoms with Crippen LogP contribution in [0, 0.1) is 5.41 Å². The van der Waals surface area contributed by atoms with Gasteiger partial charge >= 0.3 is 0 Å². The molecule has 5 nitrogen and oxygen atoms in total. The summed E-state index contributed by atoms with van der Waals surface area (Å²) in [5.74, 6) is 0.0339. The largest absolute Gasteiger partial charge is 0.354 e. The Morgan fingerprint density at radius 1 is 1.24 bits per heavy atom. The van der Waals surface area contributed by atoms with Gasteiger partial charge in [-0.1, -0.05) is 25.1 Å². The summed E-state index contributed by atoms with van der Waals surface area (Å²) in [5, 5.41) is 3.03. The highest BCUT2D eigenvalue weighted by Crippen LogP contribution is 2.59. The van der Waals surface area contributed by atoms with Crippen molar-refractivity contribution >= 4 is 23.1 Å². The predicted molar refractivity (Wildman–Crippen MR) is 95.7 cm³/mol. The van der Waals surface area contributed by atoms with Crippen LogP contribution in [0.3, 0.4) is 0 Å². The Labute approximate surface area is 148 Å². The van der Waals surface area contributed by atoms with Crippen LogP contribution in [-0.2, 0) is 14.3 Å². The van der Waals surface area contributed by atoms with Gasteiger partial charge in [-0.15, -0.1) is 0 Å². The maximum Gasteiger partial charge on any atom is 0.249 e. The monoisotopic (exact) mass is 340 g/mol. The highest BCUT2D eigenvalue weighted by Gasteiger charge is 2.63. The summed E-state index contributed by atoms with van der Waals surface area (Å²) in [7, 11) is 1.70. The number of carbonyl (C=O) groups excluding carboxylic acids is 2. The topological polar surface area (TPSA) is 58.6 Å². The van der Waals surface area contributed by atoms with E-state index in [0.29, 0.717) is 19.4 Å². The third-order valence-electron chi connectivity index (χ3n) is 6.33. The molecule has 1 aromatic rings. The van der Waals surface area contributed by atoms with Crippen molar-refractivity contribution in [3.05, 3.63) is 35.9 Å². The molecule has 25 heavy (non-hydrogen) atoms. The summed E-state index contributed by atoms with van der Waals surface area (Å²) in [4.78, 5) is 27.2. The van der Waals surface area contributed by atoms with E-state index in [-0.39, 0.29) is 17.2 Å². The van der Waals surface area contributed by atoms with Crippen LogP contribution in [0.5, 0.6) is 0 Å². The molecule has 1 N–H and O–H groups in total. The molecule has 3 aliphatic heterocycles. The van der Waals surface area contributed by atoms with Crippen molar-refractivity contribution in [3.63, 3.8) is 0 Å². The number of rotatable bonds is 2. The maximum atomic E-state index is 12.8. The fraction of sp³-hybridized carbons (Fsp3) is 0.500. The standard InChI is InChI=1S/C20H24N2O3/c1-3-19-10-6-12-22-18(24)13-15(20(19,22)25-2)14-7-4-5-8-16(14)21-17(23)9-11-19/h4-5,7-8,13H,3,6,9-12H2,1-2H3,(H,21,23)/t19-,20-/m0/s1. The van der Waals surface area contributed by atoms with Crippen molar-refractivity contribution in [1.82, 2.24) is 4.90 Å². The Kier molecular flexibility index (Phi) is 3.72. The minimum absolute atomic E-state index is 0.0103. The van der Waals surface area contributed by atoms with Crippen molar-refractivity contribution in [2.24, 2.45) is 5.41 Å². The Hall–Kier alpha value is -2.14. The zero-order chi connectivity index (χ0) is 17.7. The molecule has 132 valence electrons. The lowest BCUT2D eigenvalue weighted by Crippen LogP contribution is -2.63. The predicted octanol–water partition coefficient (Wildman–Crippen LogP) is 3.18. The van der Waals surface area contributed by atoms with Crippen LogP contribution in [0.2, 0.25) is 0 Å². The molecule has 2 amide bonds. The lowest BCUT2D eigenvalue weighted by Gasteiger charge is -2.56. The summed E-state index contributed by atoms with van der Waals surface area (Å²) in [6.07, 6.45) is 5.61. The number of ether oxygens (including phenoxy) is 1. The van der Waals surface area contributed by atoms with Gasteiger partial charge in [-0.25, -0.2) is 0 Å². The normalized spacial score (nSPS) is 31.3. The van der Waals surface area contributed by atoms with Crippen molar-refractivity contribution in [1.29, 1.82) is 0 Å². The van der Waals surface area contributed by atoms with Gasteiger partial charge in [0.15, 0.2) is 5.72 Å². The minimum atomic E-state index is -0.792. The second-order valence-corrected chi connectivity index (χ2v) is 7.23. The Bertz CT molecular complexity index is 772. The van der Waals surface area contributed by atoms with Gasteiger partial charge in [-0.05, 0) is 31.7 Å². The number of anilines is 1. The van der Waals surface area contributed by atoms with E-state index in [0.717, 1.165) is 36.1 Å². The lowest BCUT2D eigenvalue weighted by atomic mass is 9.63. The SMILES string of the molecule is CC[C@]12CCCN3C(=O)C=C(c4ccccc4NC(=O)CC1)[C@@]32OC. The Balaban J connectivity index is 2.02. The van der Waals surface area contributed by atoms with Gasteiger partial charge in [0.25, 0.3) is 0 Å². The van der Waals surface area contributed by atoms with Gasteiger partial charge in [-0.3, -0.25) is 9.59 Å². The van der Waals surface area contributed by atoms with Crippen LogP contribution >= 0.6 is 0 Å². The molecule has 0 spiro atoms. The van der Waals surface area contributed by atoms with Crippen LogP contribution in [0.1, 0.15) is 44.6 Å². The molecule has 3 heterocycles. The number of methoxy groups -OCH3 is 1. The van der Waals surface area contributed by atoms with Crippen LogP contribution in [-0.4, -0.2) is 36.1 Å². The van der Waals surface area contributed by atoms with Gasteiger partial charge < -0.3 is 15.0 Å². The molecule has 5 heteroatoms. The first-order chi connectivity index (χ1) is 12.1. The number of piperidine rings is 1. The van der Waals surface area contributed by atoms with Crippen LogP contribution in [0.15, 0.2) is 30.3 Å². The van der Waals surface area contributed by atoms with Crippen LogP contribution in [0.25, 0.3) is 5.57 Å². The molecule has 2 atom stereocenters. The van der Waals surface area contributed by atoms with Gasteiger partial charge in [0.2, 0.25) is 11.8 Å².